The summed E-state index contributed by atoms with van der Waals surface area (Å²) < 4.78 is 30.7. The Kier molecular flexibility index (Phi) is 9.32. The molecule has 2 aromatic carbocycles. The molecule has 50 heavy (non-hydrogen) atoms. The Morgan fingerprint density at radius 1 is 1.02 bits per heavy atom. The molecule has 7 rings (SSSR count). The van der Waals surface area contributed by atoms with E-state index >= 15 is 0 Å². The average Bonchev–Trinajstić information content (AvgIpc) is 3.72. The molecule has 262 valence electrons. The van der Waals surface area contributed by atoms with Gasteiger partial charge in [-0.05, 0) is 54.3 Å². The van der Waals surface area contributed by atoms with Crippen molar-refractivity contribution in [2.45, 2.75) is 77.5 Å². The van der Waals surface area contributed by atoms with E-state index in [2.05, 4.69) is 66.4 Å². The van der Waals surface area contributed by atoms with Gasteiger partial charge in [0.2, 0.25) is 0 Å². The first-order valence-electron chi connectivity index (χ1n) is 17.4. The Hall–Kier alpha value is -4.81. The summed E-state index contributed by atoms with van der Waals surface area (Å²) in [7, 11) is 0. The van der Waals surface area contributed by atoms with Crippen molar-refractivity contribution in [3.63, 3.8) is 0 Å². The van der Waals surface area contributed by atoms with Gasteiger partial charge in [-0.2, -0.15) is 5.10 Å². The highest BCUT2D eigenvalue weighted by Crippen LogP contribution is 2.39. The summed E-state index contributed by atoms with van der Waals surface area (Å²) in [5.41, 5.74) is 4.61. The van der Waals surface area contributed by atoms with Crippen LogP contribution in [0.15, 0.2) is 66.9 Å². The first kappa shape index (κ1) is 33.7. The number of carbonyl (C=O) groups excluding carboxylic acids is 1. The van der Waals surface area contributed by atoms with Gasteiger partial charge in [-0.3, -0.25) is 14.6 Å². The lowest BCUT2D eigenvalue weighted by atomic mass is 9.85. The summed E-state index contributed by atoms with van der Waals surface area (Å²) in [6.07, 6.45) is 3.18. The lowest BCUT2D eigenvalue weighted by Crippen LogP contribution is -2.36. The van der Waals surface area contributed by atoms with E-state index in [9.17, 15) is 9.18 Å². The van der Waals surface area contributed by atoms with E-state index in [4.69, 9.17) is 14.6 Å². The van der Waals surface area contributed by atoms with E-state index in [1.165, 1.54) is 6.07 Å². The second-order valence-corrected chi connectivity index (χ2v) is 14.5. The molecule has 3 aromatic heterocycles. The average molecular weight is 681 g/mol. The molecule has 2 amide bonds. The van der Waals surface area contributed by atoms with Gasteiger partial charge in [0.15, 0.2) is 5.65 Å². The second kappa shape index (κ2) is 13.8. The number of nitrogens with zero attached hydrogens (tertiary/aromatic N) is 6. The fraction of sp³-hybridized carbons (Fsp3) is 0.421. The molecule has 2 N–H and O–H groups in total. The van der Waals surface area contributed by atoms with E-state index < -0.39 is 0 Å². The number of fused-ring (bicyclic) bond motifs is 2. The van der Waals surface area contributed by atoms with E-state index in [0.29, 0.717) is 49.7 Å². The first-order chi connectivity index (χ1) is 24.0. The zero-order valence-corrected chi connectivity index (χ0v) is 29.3. The largest absolute Gasteiger partial charge is 0.484 e. The molecule has 2 atom stereocenters. The Labute approximate surface area is 291 Å². The highest BCUT2D eigenvalue weighted by molar-refractivity contribution is 5.89. The number of aromatic nitrogens is 5. The van der Waals surface area contributed by atoms with Crippen molar-refractivity contribution in [2.75, 3.05) is 31.6 Å². The van der Waals surface area contributed by atoms with Crippen LogP contribution in [-0.4, -0.2) is 61.6 Å². The van der Waals surface area contributed by atoms with Gasteiger partial charge in [-0.1, -0.05) is 58.9 Å². The topological polar surface area (TPSA) is 111 Å². The number of amides is 2. The SMILES string of the molecule is CC(C)c1nnc2ccc(O[C@@H]3CC[C@H](NC(=O)Nc4cc(C(C)(C)C)nn4-c4ccc(F)c(CN5CCOCC5)c4)c4ccccc43)cn12. The third-order valence-electron chi connectivity index (χ3n) is 9.43. The van der Waals surface area contributed by atoms with Gasteiger partial charge in [0.1, 0.15) is 29.3 Å². The highest BCUT2D eigenvalue weighted by atomic mass is 19.1. The monoisotopic (exact) mass is 680 g/mol. The summed E-state index contributed by atoms with van der Waals surface area (Å²) in [5.74, 6) is 2.08. The molecule has 11 nitrogen and oxygen atoms in total. The summed E-state index contributed by atoms with van der Waals surface area (Å²) in [6.45, 7) is 13.6. The minimum absolute atomic E-state index is 0.176. The third kappa shape index (κ3) is 7.08. The molecular formula is C38H45FN8O3. The van der Waals surface area contributed by atoms with Crippen LogP contribution in [0, 0.1) is 5.82 Å². The fourth-order valence-electron chi connectivity index (χ4n) is 6.70. The number of hydrogen-bond donors (Lipinski definition) is 2. The molecule has 0 unspecified atom stereocenters. The van der Waals surface area contributed by atoms with Crippen LogP contribution in [0.2, 0.25) is 0 Å². The minimum Gasteiger partial charge on any atom is -0.484 e. The number of urea groups is 1. The number of nitrogens with one attached hydrogen (secondary N) is 2. The van der Waals surface area contributed by atoms with Gasteiger partial charge in [-0.25, -0.2) is 13.9 Å². The molecule has 0 spiro atoms. The van der Waals surface area contributed by atoms with Crippen LogP contribution in [-0.2, 0) is 16.7 Å². The summed E-state index contributed by atoms with van der Waals surface area (Å²) >= 11 is 0. The quantitative estimate of drug-likeness (QED) is 0.180. The second-order valence-electron chi connectivity index (χ2n) is 14.5. The molecule has 1 fully saturated rings. The van der Waals surface area contributed by atoms with Crippen molar-refractivity contribution in [2.24, 2.45) is 0 Å². The number of carbonyl (C=O) groups is 1. The van der Waals surface area contributed by atoms with Crippen molar-refractivity contribution in [3.8, 4) is 11.4 Å². The Bertz CT molecular complexity index is 1990. The van der Waals surface area contributed by atoms with E-state index in [1.807, 2.05) is 53.1 Å². The molecule has 4 heterocycles. The number of ether oxygens (including phenoxy) is 2. The zero-order valence-electron chi connectivity index (χ0n) is 29.3. The van der Waals surface area contributed by atoms with Crippen molar-refractivity contribution in [1.82, 2.24) is 34.6 Å². The number of anilines is 1. The molecule has 5 aromatic rings. The standard InChI is InChI=1S/C38H45FN8O3/c1-24(2)36-43-42-34-15-11-27(23-46(34)36)50-32-14-13-31(28-8-6-7-9-29(28)32)40-37(48)41-35-21-33(38(3,4)5)44-47(35)26-10-12-30(39)25(20-26)22-45-16-18-49-19-17-45/h6-12,15,20-21,23-24,31-32H,13-14,16-19,22H2,1-5H3,(H2,40,41,48)/t31-,32+/m0/s1. The number of rotatable bonds is 8. The fourth-order valence-corrected chi connectivity index (χ4v) is 6.70. The maximum Gasteiger partial charge on any atom is 0.320 e. The molecule has 0 radical (unpaired) electrons. The Morgan fingerprint density at radius 3 is 2.56 bits per heavy atom. The van der Waals surface area contributed by atoms with E-state index in [0.717, 1.165) is 47.1 Å². The molecule has 1 aliphatic carbocycles. The molecule has 0 saturated carbocycles. The lowest BCUT2D eigenvalue weighted by Gasteiger charge is -2.32. The van der Waals surface area contributed by atoms with Crippen LogP contribution in [0.1, 0.15) is 93.7 Å². The van der Waals surface area contributed by atoms with Crippen molar-refractivity contribution in [1.29, 1.82) is 0 Å². The normalized spacial score (nSPS) is 18.3. The van der Waals surface area contributed by atoms with Gasteiger partial charge in [0.05, 0.1) is 36.8 Å². The molecule has 1 saturated heterocycles. The predicted molar refractivity (Wildman–Crippen MR) is 189 cm³/mol. The van der Waals surface area contributed by atoms with Crippen molar-refractivity contribution < 1.29 is 18.7 Å². The molecule has 2 aliphatic rings. The molecule has 1 aliphatic heterocycles. The van der Waals surface area contributed by atoms with Gasteiger partial charge in [0.25, 0.3) is 0 Å². The minimum atomic E-state index is -0.347. The highest BCUT2D eigenvalue weighted by Gasteiger charge is 2.30. The zero-order chi connectivity index (χ0) is 35.0. The lowest BCUT2D eigenvalue weighted by molar-refractivity contribution is 0.0337. The molecular weight excluding hydrogens is 635 g/mol. The summed E-state index contributed by atoms with van der Waals surface area (Å²) in [4.78, 5) is 15.9. The Balaban J connectivity index is 1.10. The van der Waals surface area contributed by atoms with Gasteiger partial charge in [0, 0.05) is 42.6 Å². The van der Waals surface area contributed by atoms with Gasteiger partial charge in [-0.15, -0.1) is 10.2 Å². The van der Waals surface area contributed by atoms with Crippen LogP contribution in [0.25, 0.3) is 11.3 Å². The van der Waals surface area contributed by atoms with Crippen LogP contribution < -0.4 is 15.4 Å². The van der Waals surface area contributed by atoms with Crippen LogP contribution in [0.5, 0.6) is 5.75 Å². The first-order valence-corrected chi connectivity index (χ1v) is 17.4. The van der Waals surface area contributed by atoms with Crippen molar-refractivity contribution in [3.05, 3.63) is 101 Å². The number of halogens is 1. The van der Waals surface area contributed by atoms with Crippen LogP contribution >= 0.6 is 0 Å². The number of pyridine rings is 1. The molecule has 0 bridgehead atoms. The number of morpholine rings is 1. The van der Waals surface area contributed by atoms with E-state index in [1.54, 1.807) is 10.7 Å². The van der Waals surface area contributed by atoms with Gasteiger partial charge < -0.3 is 14.8 Å². The number of hydrogen-bond acceptors (Lipinski definition) is 7. The van der Waals surface area contributed by atoms with Gasteiger partial charge >= 0.3 is 6.03 Å². The van der Waals surface area contributed by atoms with Crippen molar-refractivity contribution >= 4 is 17.5 Å². The maximum absolute atomic E-state index is 15.0. The van der Waals surface area contributed by atoms with Crippen LogP contribution in [0.4, 0.5) is 15.0 Å². The predicted octanol–water partition coefficient (Wildman–Crippen LogP) is 7.08. The molecule has 12 heteroatoms. The maximum atomic E-state index is 15.0. The van der Waals surface area contributed by atoms with E-state index in [-0.39, 0.29) is 35.3 Å². The smallest absolute Gasteiger partial charge is 0.320 e. The summed E-state index contributed by atoms with van der Waals surface area (Å²) in [6, 6.07) is 18.3. The Morgan fingerprint density at radius 2 is 1.80 bits per heavy atom. The number of benzene rings is 2. The van der Waals surface area contributed by atoms with Crippen LogP contribution in [0.3, 0.4) is 0 Å². The third-order valence-corrected chi connectivity index (χ3v) is 9.43. The summed E-state index contributed by atoms with van der Waals surface area (Å²) in [5, 5.41) is 19.8.